The van der Waals surface area contributed by atoms with Crippen molar-refractivity contribution >= 4 is 21.7 Å². The van der Waals surface area contributed by atoms with Gasteiger partial charge >= 0.3 is 0 Å². The van der Waals surface area contributed by atoms with E-state index >= 15 is 0 Å². The van der Waals surface area contributed by atoms with Crippen LogP contribution in [0.15, 0.2) is 16.6 Å². The number of ketones is 1. The second-order valence-electron chi connectivity index (χ2n) is 4.06. The molecule has 1 aliphatic carbocycles. The Morgan fingerprint density at radius 2 is 1.79 bits per heavy atom. The Bertz CT molecular complexity index is 368. The molecule has 0 unspecified atom stereocenters. The molecule has 1 fully saturated rings. The lowest BCUT2D eigenvalue weighted by molar-refractivity contribution is 0.0967. The van der Waals surface area contributed by atoms with Crippen LogP contribution in [0.4, 0.5) is 0 Å². The Labute approximate surface area is 92.6 Å². The molecule has 0 N–H and O–H groups in total. The van der Waals surface area contributed by atoms with Gasteiger partial charge in [0.1, 0.15) is 0 Å². The molecule has 0 radical (unpaired) electrons. The minimum absolute atomic E-state index is 0.315. The van der Waals surface area contributed by atoms with Gasteiger partial charge in [-0.2, -0.15) is 0 Å². The summed E-state index contributed by atoms with van der Waals surface area (Å²) in [5.41, 5.74) is 3.17. The lowest BCUT2D eigenvalue weighted by atomic mass is 10.0. The van der Waals surface area contributed by atoms with Gasteiger partial charge in [0.25, 0.3) is 0 Å². The summed E-state index contributed by atoms with van der Waals surface area (Å²) in [5, 5.41) is 0. The van der Waals surface area contributed by atoms with Crippen LogP contribution < -0.4 is 0 Å². The van der Waals surface area contributed by atoms with E-state index in [1.807, 2.05) is 26.0 Å². The lowest BCUT2D eigenvalue weighted by Crippen LogP contribution is -2.02. The summed E-state index contributed by atoms with van der Waals surface area (Å²) in [7, 11) is 0. The number of hydrogen-bond donors (Lipinski definition) is 0. The predicted octanol–water partition coefficient (Wildman–Crippen LogP) is 3.66. The first kappa shape index (κ1) is 9.91. The van der Waals surface area contributed by atoms with Crippen LogP contribution in [0.25, 0.3) is 0 Å². The number of hydrogen-bond acceptors (Lipinski definition) is 1. The number of carbonyl (C=O) groups excluding carboxylic acids is 1. The molecule has 0 spiro atoms. The maximum atomic E-state index is 11.8. The molecule has 0 aromatic heterocycles. The fourth-order valence-corrected chi connectivity index (χ4v) is 1.90. The number of halogens is 1. The number of carbonyl (C=O) groups is 1. The molecule has 1 nitrogen and oxygen atoms in total. The minimum Gasteiger partial charge on any atom is -0.294 e. The molecule has 2 heteroatoms. The largest absolute Gasteiger partial charge is 0.294 e. The number of benzene rings is 1. The van der Waals surface area contributed by atoms with E-state index in [4.69, 9.17) is 0 Å². The molecule has 2 rings (SSSR count). The standard InChI is InChI=1S/C12H13BrO/c1-7-5-10(6-8(2)11(7)13)12(14)9-3-4-9/h5-6,9H,3-4H2,1-2H3. The quantitative estimate of drug-likeness (QED) is 0.735. The van der Waals surface area contributed by atoms with Crippen molar-refractivity contribution in [3.8, 4) is 0 Å². The molecule has 0 heterocycles. The van der Waals surface area contributed by atoms with Gasteiger partial charge in [0.05, 0.1) is 0 Å². The van der Waals surface area contributed by atoms with Gasteiger partial charge in [0.15, 0.2) is 5.78 Å². The first-order valence-electron chi connectivity index (χ1n) is 4.90. The molecular weight excluding hydrogens is 240 g/mol. The SMILES string of the molecule is Cc1cc(C(=O)C2CC2)cc(C)c1Br. The summed E-state index contributed by atoms with van der Waals surface area (Å²) in [6.45, 7) is 4.06. The van der Waals surface area contributed by atoms with Gasteiger partial charge in [-0.25, -0.2) is 0 Å². The Kier molecular flexibility index (Phi) is 2.48. The van der Waals surface area contributed by atoms with Crippen LogP contribution in [-0.4, -0.2) is 5.78 Å². The van der Waals surface area contributed by atoms with Crippen LogP contribution >= 0.6 is 15.9 Å². The van der Waals surface area contributed by atoms with Gasteiger partial charge in [-0.05, 0) is 49.9 Å². The normalized spacial score (nSPS) is 15.6. The van der Waals surface area contributed by atoms with Crippen molar-refractivity contribution in [1.82, 2.24) is 0 Å². The third-order valence-electron chi connectivity index (χ3n) is 2.67. The first-order valence-corrected chi connectivity index (χ1v) is 5.70. The monoisotopic (exact) mass is 252 g/mol. The zero-order valence-electron chi connectivity index (χ0n) is 8.43. The number of aryl methyl sites for hydroxylation is 2. The molecule has 1 aliphatic rings. The molecule has 0 bridgehead atoms. The van der Waals surface area contributed by atoms with Gasteiger partial charge in [0, 0.05) is 16.0 Å². The summed E-state index contributed by atoms with van der Waals surface area (Å²) in [6, 6.07) is 3.97. The summed E-state index contributed by atoms with van der Waals surface area (Å²) >= 11 is 3.50. The maximum absolute atomic E-state index is 11.8. The highest BCUT2D eigenvalue weighted by Gasteiger charge is 2.30. The molecule has 0 atom stereocenters. The lowest BCUT2D eigenvalue weighted by Gasteiger charge is -2.06. The Balaban J connectivity index is 2.39. The second-order valence-corrected chi connectivity index (χ2v) is 4.86. The van der Waals surface area contributed by atoms with Crippen LogP contribution in [0.3, 0.4) is 0 Å². The fraction of sp³-hybridized carbons (Fsp3) is 0.417. The Hall–Kier alpha value is -0.630. The maximum Gasteiger partial charge on any atom is 0.165 e. The minimum atomic E-state index is 0.315. The van der Waals surface area contributed by atoms with Crippen LogP contribution in [0.1, 0.15) is 34.3 Å². The summed E-state index contributed by atoms with van der Waals surface area (Å²) in [5.74, 6) is 0.638. The average Bonchev–Trinajstić information content (AvgIpc) is 2.95. The van der Waals surface area contributed by atoms with Crippen LogP contribution in [0.5, 0.6) is 0 Å². The van der Waals surface area contributed by atoms with Crippen molar-refractivity contribution in [2.24, 2.45) is 5.92 Å². The van der Waals surface area contributed by atoms with Gasteiger partial charge in [-0.3, -0.25) is 4.79 Å². The third kappa shape index (κ3) is 1.76. The van der Waals surface area contributed by atoms with E-state index in [9.17, 15) is 4.79 Å². The highest BCUT2D eigenvalue weighted by Crippen LogP contribution is 2.34. The molecule has 0 saturated heterocycles. The predicted molar refractivity (Wildman–Crippen MR) is 60.7 cm³/mol. The van der Waals surface area contributed by atoms with Gasteiger partial charge in [-0.1, -0.05) is 15.9 Å². The van der Waals surface area contributed by atoms with E-state index in [0.29, 0.717) is 11.7 Å². The second kappa shape index (κ2) is 3.50. The molecule has 0 aliphatic heterocycles. The Morgan fingerprint density at radius 3 is 2.21 bits per heavy atom. The van der Waals surface area contributed by atoms with E-state index in [-0.39, 0.29) is 0 Å². The van der Waals surface area contributed by atoms with Gasteiger partial charge in [-0.15, -0.1) is 0 Å². The van der Waals surface area contributed by atoms with Crippen LogP contribution in [0.2, 0.25) is 0 Å². The topological polar surface area (TPSA) is 17.1 Å². The van der Waals surface area contributed by atoms with E-state index in [2.05, 4.69) is 15.9 Å². The van der Waals surface area contributed by atoms with Crippen molar-refractivity contribution in [3.05, 3.63) is 33.3 Å². The van der Waals surface area contributed by atoms with E-state index in [1.54, 1.807) is 0 Å². The molecule has 0 amide bonds. The van der Waals surface area contributed by atoms with Crippen molar-refractivity contribution < 1.29 is 4.79 Å². The number of rotatable bonds is 2. The van der Waals surface area contributed by atoms with Crippen molar-refractivity contribution in [3.63, 3.8) is 0 Å². The van der Waals surface area contributed by atoms with Gasteiger partial charge < -0.3 is 0 Å². The molecule has 1 aromatic carbocycles. The summed E-state index contributed by atoms with van der Waals surface area (Å²) < 4.78 is 1.12. The van der Waals surface area contributed by atoms with E-state index in [1.165, 1.54) is 0 Å². The molecule has 74 valence electrons. The van der Waals surface area contributed by atoms with Crippen molar-refractivity contribution in [1.29, 1.82) is 0 Å². The highest BCUT2D eigenvalue weighted by atomic mass is 79.9. The van der Waals surface area contributed by atoms with E-state index in [0.717, 1.165) is 34.0 Å². The summed E-state index contributed by atoms with van der Waals surface area (Å²) in [6.07, 6.45) is 2.15. The first-order chi connectivity index (χ1) is 6.59. The number of Topliss-reactive ketones (excluding diaryl/α,β-unsaturated/α-hetero) is 1. The third-order valence-corrected chi connectivity index (χ3v) is 3.92. The molecule has 1 aromatic rings. The Morgan fingerprint density at radius 1 is 1.29 bits per heavy atom. The zero-order chi connectivity index (χ0) is 10.3. The smallest absolute Gasteiger partial charge is 0.165 e. The fourth-order valence-electron chi connectivity index (χ4n) is 1.67. The van der Waals surface area contributed by atoms with Gasteiger partial charge in [0.2, 0.25) is 0 Å². The average molecular weight is 253 g/mol. The molecule has 1 saturated carbocycles. The van der Waals surface area contributed by atoms with Crippen LogP contribution in [0, 0.1) is 19.8 Å². The molecule has 14 heavy (non-hydrogen) atoms. The zero-order valence-corrected chi connectivity index (χ0v) is 10.0. The van der Waals surface area contributed by atoms with Crippen LogP contribution in [-0.2, 0) is 0 Å². The highest BCUT2D eigenvalue weighted by molar-refractivity contribution is 9.10. The van der Waals surface area contributed by atoms with Crippen molar-refractivity contribution in [2.45, 2.75) is 26.7 Å². The summed E-state index contributed by atoms with van der Waals surface area (Å²) in [4.78, 5) is 11.8. The van der Waals surface area contributed by atoms with Crippen molar-refractivity contribution in [2.75, 3.05) is 0 Å². The van der Waals surface area contributed by atoms with E-state index < -0.39 is 0 Å². The molecular formula is C12H13BrO.